The van der Waals surface area contributed by atoms with E-state index in [4.69, 9.17) is 4.74 Å². The molecule has 0 unspecified atom stereocenters. The number of rotatable bonds is 10. The van der Waals surface area contributed by atoms with E-state index in [0.29, 0.717) is 37.9 Å². The summed E-state index contributed by atoms with van der Waals surface area (Å²) in [5.74, 6) is 2.05. The van der Waals surface area contributed by atoms with Gasteiger partial charge in [-0.3, -0.25) is 9.79 Å². The van der Waals surface area contributed by atoms with Crippen molar-refractivity contribution >= 4 is 41.7 Å². The summed E-state index contributed by atoms with van der Waals surface area (Å²) in [7, 11) is 0. The summed E-state index contributed by atoms with van der Waals surface area (Å²) in [6.07, 6.45) is 1.14. The Morgan fingerprint density at radius 2 is 1.90 bits per heavy atom. The Morgan fingerprint density at radius 1 is 1.10 bits per heavy atom. The maximum atomic E-state index is 12.0. The van der Waals surface area contributed by atoms with Gasteiger partial charge in [-0.1, -0.05) is 24.3 Å². The van der Waals surface area contributed by atoms with Crippen LogP contribution in [0.5, 0.6) is 5.75 Å². The Labute approximate surface area is 189 Å². The predicted octanol–water partition coefficient (Wildman–Crippen LogP) is 3.36. The first-order valence-electron chi connectivity index (χ1n) is 9.61. The Kier molecular flexibility index (Phi) is 12.4. The van der Waals surface area contributed by atoms with Gasteiger partial charge in [0.25, 0.3) is 0 Å². The van der Waals surface area contributed by atoms with E-state index >= 15 is 0 Å². The second-order valence-electron chi connectivity index (χ2n) is 6.16. The fraction of sp³-hybridized carbons (Fsp3) is 0.381. The number of guanidine groups is 1. The standard InChI is InChI=1S/C21H29N5O2.HI/c1-3-22-21(23-14-8-16-28-18-10-5-4-6-11-18)24-15-13-20(27)26-19-12-7-9-17(2)25-19;/h4-7,9-12H,3,8,13-16H2,1-2H3,(H2,22,23,24)(H,25,26,27);1H. The minimum atomic E-state index is -0.0855. The molecule has 0 fully saturated rings. The van der Waals surface area contributed by atoms with Crippen molar-refractivity contribution < 1.29 is 9.53 Å². The summed E-state index contributed by atoms with van der Waals surface area (Å²) in [4.78, 5) is 20.8. The third-order valence-electron chi connectivity index (χ3n) is 3.73. The lowest BCUT2D eigenvalue weighted by atomic mass is 10.3. The molecule has 0 aliphatic heterocycles. The Hall–Kier alpha value is -2.36. The van der Waals surface area contributed by atoms with Crippen LogP contribution in [0.4, 0.5) is 5.82 Å². The zero-order valence-electron chi connectivity index (χ0n) is 17.0. The third-order valence-corrected chi connectivity index (χ3v) is 3.73. The summed E-state index contributed by atoms with van der Waals surface area (Å²) >= 11 is 0. The van der Waals surface area contributed by atoms with Gasteiger partial charge < -0.3 is 20.7 Å². The number of pyridine rings is 1. The molecule has 8 heteroatoms. The van der Waals surface area contributed by atoms with Crippen LogP contribution < -0.4 is 20.7 Å². The number of carbonyl (C=O) groups is 1. The number of para-hydroxylation sites is 1. The zero-order chi connectivity index (χ0) is 20.0. The van der Waals surface area contributed by atoms with E-state index < -0.39 is 0 Å². The average molecular weight is 511 g/mol. The summed E-state index contributed by atoms with van der Waals surface area (Å²) in [5, 5.41) is 9.15. The number of aliphatic imine (C=N–C) groups is 1. The lowest BCUT2D eigenvalue weighted by Gasteiger charge is -2.11. The number of aryl methyl sites for hydroxylation is 1. The molecule has 0 atom stereocenters. The highest BCUT2D eigenvalue weighted by atomic mass is 127. The molecule has 0 bridgehead atoms. The van der Waals surface area contributed by atoms with Crippen molar-refractivity contribution in [3.8, 4) is 5.75 Å². The molecule has 0 saturated carbocycles. The van der Waals surface area contributed by atoms with E-state index in [1.807, 2.05) is 56.3 Å². The number of carbonyl (C=O) groups excluding carboxylic acids is 1. The molecule has 7 nitrogen and oxygen atoms in total. The molecular weight excluding hydrogens is 481 g/mol. The predicted molar refractivity (Wildman–Crippen MR) is 128 cm³/mol. The van der Waals surface area contributed by atoms with Crippen molar-refractivity contribution in [3.63, 3.8) is 0 Å². The van der Waals surface area contributed by atoms with E-state index in [-0.39, 0.29) is 29.9 Å². The number of amides is 1. The lowest BCUT2D eigenvalue weighted by Crippen LogP contribution is -2.38. The highest BCUT2D eigenvalue weighted by Gasteiger charge is 2.04. The molecular formula is C21H30IN5O2. The lowest BCUT2D eigenvalue weighted by molar-refractivity contribution is -0.116. The molecule has 158 valence electrons. The number of hydrogen-bond donors (Lipinski definition) is 3. The minimum absolute atomic E-state index is 0. The van der Waals surface area contributed by atoms with Crippen molar-refractivity contribution in [3.05, 3.63) is 54.2 Å². The number of ether oxygens (including phenoxy) is 1. The fourth-order valence-electron chi connectivity index (χ4n) is 2.42. The molecule has 0 aliphatic carbocycles. The summed E-state index contributed by atoms with van der Waals surface area (Å²) < 4.78 is 5.66. The van der Waals surface area contributed by atoms with Crippen LogP contribution in [0.25, 0.3) is 0 Å². The Morgan fingerprint density at radius 3 is 2.62 bits per heavy atom. The molecule has 0 saturated heterocycles. The van der Waals surface area contributed by atoms with Crippen molar-refractivity contribution in [2.75, 3.05) is 31.6 Å². The van der Waals surface area contributed by atoms with Crippen molar-refractivity contribution in [1.82, 2.24) is 15.6 Å². The van der Waals surface area contributed by atoms with Crippen LogP contribution in [0.2, 0.25) is 0 Å². The maximum absolute atomic E-state index is 12.0. The molecule has 1 aromatic carbocycles. The molecule has 2 aromatic rings. The van der Waals surface area contributed by atoms with E-state index in [0.717, 1.165) is 24.4 Å². The molecule has 1 amide bonds. The molecule has 3 N–H and O–H groups in total. The number of benzene rings is 1. The molecule has 1 aromatic heterocycles. The monoisotopic (exact) mass is 511 g/mol. The van der Waals surface area contributed by atoms with E-state index in [1.165, 1.54) is 0 Å². The van der Waals surface area contributed by atoms with Crippen LogP contribution in [0.15, 0.2) is 53.5 Å². The van der Waals surface area contributed by atoms with Gasteiger partial charge in [-0.25, -0.2) is 4.98 Å². The molecule has 0 spiro atoms. The van der Waals surface area contributed by atoms with Crippen LogP contribution in [-0.2, 0) is 4.79 Å². The first-order valence-corrected chi connectivity index (χ1v) is 9.61. The van der Waals surface area contributed by atoms with Gasteiger partial charge in [-0.15, -0.1) is 24.0 Å². The van der Waals surface area contributed by atoms with E-state index in [1.54, 1.807) is 6.07 Å². The van der Waals surface area contributed by atoms with E-state index in [2.05, 4.69) is 25.9 Å². The van der Waals surface area contributed by atoms with Gasteiger partial charge in [0.1, 0.15) is 11.6 Å². The average Bonchev–Trinajstić information content (AvgIpc) is 2.68. The van der Waals surface area contributed by atoms with Crippen LogP contribution in [-0.4, -0.2) is 43.1 Å². The SMILES string of the molecule is CCNC(=NCCCOc1ccccc1)NCCC(=O)Nc1cccc(C)n1.I. The summed E-state index contributed by atoms with van der Waals surface area (Å²) in [6.45, 7) is 6.39. The van der Waals surface area contributed by atoms with Crippen molar-refractivity contribution in [2.45, 2.75) is 26.7 Å². The van der Waals surface area contributed by atoms with Gasteiger partial charge in [0.15, 0.2) is 5.96 Å². The number of nitrogens with zero attached hydrogens (tertiary/aromatic N) is 2. The summed E-state index contributed by atoms with van der Waals surface area (Å²) in [6, 6.07) is 15.3. The quantitative estimate of drug-likeness (QED) is 0.197. The first kappa shape index (κ1) is 24.7. The Bertz CT molecular complexity index is 756. The largest absolute Gasteiger partial charge is 0.494 e. The highest BCUT2D eigenvalue weighted by Crippen LogP contribution is 2.08. The number of nitrogens with one attached hydrogen (secondary N) is 3. The zero-order valence-corrected chi connectivity index (χ0v) is 19.3. The maximum Gasteiger partial charge on any atom is 0.227 e. The van der Waals surface area contributed by atoms with Crippen LogP contribution in [0.3, 0.4) is 0 Å². The molecule has 0 radical (unpaired) electrons. The third kappa shape index (κ3) is 10.7. The second kappa shape index (κ2) is 14.6. The molecule has 0 aliphatic rings. The smallest absolute Gasteiger partial charge is 0.227 e. The van der Waals surface area contributed by atoms with Crippen LogP contribution >= 0.6 is 24.0 Å². The minimum Gasteiger partial charge on any atom is -0.494 e. The number of aromatic nitrogens is 1. The molecule has 29 heavy (non-hydrogen) atoms. The molecule has 1 heterocycles. The molecule has 2 rings (SSSR count). The highest BCUT2D eigenvalue weighted by molar-refractivity contribution is 14.0. The van der Waals surface area contributed by atoms with Gasteiger partial charge >= 0.3 is 0 Å². The van der Waals surface area contributed by atoms with Crippen molar-refractivity contribution in [1.29, 1.82) is 0 Å². The van der Waals surface area contributed by atoms with Crippen LogP contribution in [0, 0.1) is 6.92 Å². The van der Waals surface area contributed by atoms with Gasteiger partial charge in [0.2, 0.25) is 5.91 Å². The van der Waals surface area contributed by atoms with Gasteiger partial charge in [-0.2, -0.15) is 0 Å². The number of halogens is 1. The van der Waals surface area contributed by atoms with Crippen LogP contribution in [0.1, 0.15) is 25.5 Å². The fourth-order valence-corrected chi connectivity index (χ4v) is 2.42. The Balaban J connectivity index is 0.00000420. The normalized spacial score (nSPS) is 10.6. The van der Waals surface area contributed by atoms with E-state index in [9.17, 15) is 4.79 Å². The van der Waals surface area contributed by atoms with Gasteiger partial charge in [-0.05, 0) is 38.1 Å². The van der Waals surface area contributed by atoms with Gasteiger partial charge in [0.05, 0.1) is 6.61 Å². The number of hydrogen-bond acceptors (Lipinski definition) is 4. The topological polar surface area (TPSA) is 87.6 Å². The second-order valence-corrected chi connectivity index (χ2v) is 6.16. The van der Waals surface area contributed by atoms with Crippen molar-refractivity contribution in [2.24, 2.45) is 4.99 Å². The summed E-state index contributed by atoms with van der Waals surface area (Å²) in [5.41, 5.74) is 0.869. The van der Waals surface area contributed by atoms with Gasteiger partial charge in [0, 0.05) is 38.2 Å². The number of anilines is 1. The first-order chi connectivity index (χ1) is 13.7.